The average Bonchev–Trinajstić information content (AvgIpc) is 3.10. The first-order chi connectivity index (χ1) is 14.9. The van der Waals surface area contributed by atoms with Gasteiger partial charge in [0.05, 0.1) is 12.4 Å². The first-order valence-corrected chi connectivity index (χ1v) is 11.8. The molecule has 7 nitrogen and oxygen atoms in total. The highest BCUT2D eigenvalue weighted by Gasteiger charge is 2.59. The summed E-state index contributed by atoms with van der Waals surface area (Å²) in [6.07, 6.45) is 15.7. The predicted molar refractivity (Wildman–Crippen MR) is 117 cm³/mol. The summed E-state index contributed by atoms with van der Waals surface area (Å²) in [4.78, 5) is 28.4. The van der Waals surface area contributed by atoms with E-state index in [2.05, 4.69) is 45.7 Å². The Labute approximate surface area is 183 Å². The van der Waals surface area contributed by atoms with Crippen molar-refractivity contribution in [2.45, 2.75) is 71.3 Å². The predicted octanol–water partition coefficient (Wildman–Crippen LogP) is 3.50. The maximum atomic E-state index is 12.4. The van der Waals surface area contributed by atoms with Gasteiger partial charge in [-0.05, 0) is 80.1 Å². The first kappa shape index (κ1) is 20.6. The second-order valence-electron chi connectivity index (χ2n) is 10.6. The highest BCUT2D eigenvalue weighted by molar-refractivity contribution is 5.89. The van der Waals surface area contributed by atoms with E-state index in [1.165, 1.54) is 44.5 Å². The van der Waals surface area contributed by atoms with Gasteiger partial charge in [-0.15, -0.1) is 5.10 Å². The van der Waals surface area contributed by atoms with Crippen LogP contribution >= 0.6 is 0 Å². The van der Waals surface area contributed by atoms with E-state index >= 15 is 0 Å². The van der Waals surface area contributed by atoms with Crippen LogP contribution in [0.2, 0.25) is 0 Å². The number of fused-ring (bicyclic) bond motifs is 5. The Morgan fingerprint density at radius 2 is 2.03 bits per heavy atom. The van der Waals surface area contributed by atoms with E-state index in [0.717, 1.165) is 24.7 Å². The molecular formula is C24H33N5O2. The van der Waals surface area contributed by atoms with Crippen LogP contribution in [0.1, 0.15) is 65.2 Å². The molecule has 0 aromatic carbocycles. The van der Waals surface area contributed by atoms with E-state index in [1.54, 1.807) is 6.08 Å². The van der Waals surface area contributed by atoms with Crippen LogP contribution in [0.15, 0.2) is 24.5 Å². The van der Waals surface area contributed by atoms with Gasteiger partial charge in [0.1, 0.15) is 0 Å². The minimum Gasteiger partial charge on any atom is -0.349 e. The molecule has 0 radical (unpaired) electrons. The van der Waals surface area contributed by atoms with Crippen molar-refractivity contribution in [1.82, 2.24) is 20.5 Å². The molecule has 7 atom stereocenters. The first-order valence-electron chi connectivity index (χ1n) is 11.8. The lowest BCUT2D eigenvalue weighted by atomic mass is 9.48. The number of hydrogen-bond donors (Lipinski definition) is 2. The fourth-order valence-electron chi connectivity index (χ4n) is 7.71. The molecule has 2 heterocycles. The average molecular weight is 424 g/mol. The minimum atomic E-state index is -0.0233. The Morgan fingerprint density at radius 1 is 1.16 bits per heavy atom. The summed E-state index contributed by atoms with van der Waals surface area (Å²) in [7, 11) is 0. The summed E-state index contributed by atoms with van der Waals surface area (Å²) in [5, 5.41) is 13.6. The number of aromatic nitrogens is 3. The van der Waals surface area contributed by atoms with Crippen molar-refractivity contribution in [3.8, 4) is 0 Å². The van der Waals surface area contributed by atoms with Crippen LogP contribution in [-0.4, -0.2) is 33.0 Å². The molecule has 4 aliphatic rings. The van der Waals surface area contributed by atoms with E-state index < -0.39 is 0 Å². The fraction of sp³-hybridized carbons (Fsp3) is 0.708. The van der Waals surface area contributed by atoms with Crippen molar-refractivity contribution < 1.29 is 9.59 Å². The van der Waals surface area contributed by atoms with Crippen molar-refractivity contribution in [2.75, 3.05) is 5.32 Å². The molecule has 0 bridgehead atoms. The number of carbonyl (C=O) groups excluding carboxylic acids is 2. The van der Waals surface area contributed by atoms with Crippen molar-refractivity contribution in [3.63, 3.8) is 0 Å². The molecule has 1 aliphatic heterocycles. The lowest BCUT2D eigenvalue weighted by Gasteiger charge is -2.59. The molecule has 5 rings (SSSR count). The van der Waals surface area contributed by atoms with Gasteiger partial charge in [-0.2, -0.15) is 5.10 Å². The van der Waals surface area contributed by atoms with Gasteiger partial charge < -0.3 is 5.32 Å². The molecule has 1 aromatic rings. The summed E-state index contributed by atoms with van der Waals surface area (Å²) in [6, 6.07) is 0.284. The van der Waals surface area contributed by atoms with Gasteiger partial charge >= 0.3 is 0 Å². The van der Waals surface area contributed by atoms with Crippen molar-refractivity contribution in [2.24, 2.45) is 34.5 Å². The lowest BCUT2D eigenvalue weighted by Crippen LogP contribution is -2.59. The third-order valence-electron chi connectivity index (χ3n) is 9.34. The van der Waals surface area contributed by atoms with E-state index in [-0.39, 0.29) is 29.2 Å². The van der Waals surface area contributed by atoms with Gasteiger partial charge in [0.25, 0.3) is 0 Å². The summed E-state index contributed by atoms with van der Waals surface area (Å²) >= 11 is 0. The number of nitrogens with zero attached hydrogens (tertiary/aromatic N) is 3. The standard InChI is InChI=1S/C24H33N5O2/c1-23-11-9-18-16(5-7-19-24(18,2)12-10-21(31)27-19)17(23)6-3-15(23)4-8-20(30)28-22-25-13-14-26-29-22/h10,12-19H,3-9,11H2,1-2H3,(H,27,31)(H,25,28,29,30)/t15-,16+,17+,18+,19-,23-,24-/m1/s1. The minimum absolute atomic E-state index is 0.0233. The van der Waals surface area contributed by atoms with E-state index in [1.807, 2.05) is 0 Å². The van der Waals surface area contributed by atoms with Gasteiger partial charge in [-0.25, -0.2) is 4.98 Å². The zero-order chi connectivity index (χ0) is 21.6. The zero-order valence-electron chi connectivity index (χ0n) is 18.5. The number of amides is 2. The molecule has 166 valence electrons. The van der Waals surface area contributed by atoms with Crippen molar-refractivity contribution >= 4 is 17.8 Å². The van der Waals surface area contributed by atoms with Crippen LogP contribution in [0, 0.1) is 34.5 Å². The van der Waals surface area contributed by atoms with Gasteiger partial charge in [-0.3, -0.25) is 14.9 Å². The SMILES string of the molecule is C[C@]12C=CC(=O)N[C@@H]1CC[C@@H]1[C@@H]2CC[C@]2(C)[C@@H](CCC(=O)Nc3nccnn3)CC[C@@H]12. The Hall–Kier alpha value is -2.31. The third kappa shape index (κ3) is 3.46. The Kier molecular flexibility index (Phi) is 5.10. The zero-order valence-corrected chi connectivity index (χ0v) is 18.5. The molecule has 0 unspecified atom stereocenters. The molecule has 0 spiro atoms. The van der Waals surface area contributed by atoms with Gasteiger partial charge in [0, 0.05) is 17.9 Å². The molecule has 0 saturated heterocycles. The van der Waals surface area contributed by atoms with Crippen LogP contribution in [-0.2, 0) is 9.59 Å². The Bertz CT molecular complexity index is 889. The van der Waals surface area contributed by atoms with E-state index in [4.69, 9.17) is 0 Å². The molecule has 7 heteroatoms. The number of rotatable bonds is 4. The van der Waals surface area contributed by atoms with Crippen molar-refractivity contribution in [1.29, 1.82) is 0 Å². The lowest BCUT2D eigenvalue weighted by molar-refractivity contribution is -0.123. The topological polar surface area (TPSA) is 96.9 Å². The summed E-state index contributed by atoms with van der Waals surface area (Å²) in [5.41, 5.74) is 0.400. The van der Waals surface area contributed by atoms with Crippen LogP contribution in [0.5, 0.6) is 0 Å². The van der Waals surface area contributed by atoms with Crippen molar-refractivity contribution in [3.05, 3.63) is 24.5 Å². The molecular weight excluding hydrogens is 390 g/mol. The smallest absolute Gasteiger partial charge is 0.249 e. The van der Waals surface area contributed by atoms with Crippen LogP contribution in [0.3, 0.4) is 0 Å². The summed E-state index contributed by atoms with van der Waals surface area (Å²) in [5.74, 6) is 3.01. The molecule has 2 N–H and O–H groups in total. The van der Waals surface area contributed by atoms with Gasteiger partial charge in [0.2, 0.25) is 17.8 Å². The number of nitrogens with one attached hydrogen (secondary N) is 2. The maximum Gasteiger partial charge on any atom is 0.249 e. The molecule has 31 heavy (non-hydrogen) atoms. The normalized spacial score (nSPS) is 41.0. The Balaban J connectivity index is 1.25. The third-order valence-corrected chi connectivity index (χ3v) is 9.34. The summed E-state index contributed by atoms with van der Waals surface area (Å²) in [6.45, 7) is 4.85. The highest BCUT2D eigenvalue weighted by atomic mass is 16.2. The second kappa shape index (κ2) is 7.68. The highest BCUT2D eigenvalue weighted by Crippen LogP contribution is 2.65. The fourth-order valence-corrected chi connectivity index (χ4v) is 7.71. The molecule has 3 fully saturated rings. The van der Waals surface area contributed by atoms with E-state index in [0.29, 0.717) is 23.7 Å². The van der Waals surface area contributed by atoms with E-state index in [9.17, 15) is 9.59 Å². The quantitative estimate of drug-likeness (QED) is 0.772. The second-order valence-corrected chi connectivity index (χ2v) is 10.6. The number of carbonyl (C=O) groups is 2. The maximum absolute atomic E-state index is 12.4. The van der Waals surface area contributed by atoms with Crippen LogP contribution in [0.25, 0.3) is 0 Å². The molecule has 3 saturated carbocycles. The number of hydrogen-bond acceptors (Lipinski definition) is 5. The van der Waals surface area contributed by atoms with Gasteiger partial charge in [-0.1, -0.05) is 19.9 Å². The van der Waals surface area contributed by atoms with Crippen LogP contribution < -0.4 is 10.6 Å². The largest absolute Gasteiger partial charge is 0.349 e. The van der Waals surface area contributed by atoms with Gasteiger partial charge in [0.15, 0.2) is 0 Å². The monoisotopic (exact) mass is 423 g/mol. The Morgan fingerprint density at radius 3 is 2.84 bits per heavy atom. The molecule has 3 aliphatic carbocycles. The summed E-state index contributed by atoms with van der Waals surface area (Å²) < 4.78 is 0. The number of anilines is 1. The molecule has 1 aromatic heterocycles. The van der Waals surface area contributed by atoms with Crippen LogP contribution in [0.4, 0.5) is 5.95 Å². The molecule has 2 amide bonds.